The van der Waals surface area contributed by atoms with Gasteiger partial charge < -0.3 is 9.47 Å². The minimum absolute atomic E-state index is 0.266. The zero-order valence-electron chi connectivity index (χ0n) is 20.1. The highest BCUT2D eigenvalue weighted by Gasteiger charge is 2.68. The number of allylic oxidation sites excluding steroid dienone is 2. The van der Waals surface area contributed by atoms with Crippen LogP contribution in [0, 0.1) is 52.3 Å². The molecule has 0 amide bonds. The third-order valence-electron chi connectivity index (χ3n) is 11.6. The van der Waals surface area contributed by atoms with Crippen molar-refractivity contribution in [3.8, 4) is 0 Å². The smallest absolute Gasteiger partial charge is 0.171 e. The van der Waals surface area contributed by atoms with Crippen LogP contribution in [0.5, 0.6) is 0 Å². The lowest BCUT2D eigenvalue weighted by atomic mass is 9.46. The fourth-order valence-corrected chi connectivity index (χ4v) is 9.86. The van der Waals surface area contributed by atoms with E-state index in [0.717, 1.165) is 36.7 Å². The van der Waals surface area contributed by atoms with Gasteiger partial charge >= 0.3 is 0 Å². The van der Waals surface area contributed by atoms with Gasteiger partial charge in [-0.15, -0.1) is 0 Å². The average molecular weight is 413 g/mol. The Labute approximate surface area is 184 Å². The molecule has 0 aromatic rings. The van der Waals surface area contributed by atoms with Crippen molar-refractivity contribution < 1.29 is 9.47 Å². The molecule has 0 aromatic carbocycles. The second kappa shape index (κ2) is 6.60. The van der Waals surface area contributed by atoms with Crippen molar-refractivity contribution >= 4 is 0 Å². The number of fused-ring (bicyclic) bond motifs is 7. The van der Waals surface area contributed by atoms with Gasteiger partial charge in [0.15, 0.2) is 5.79 Å². The standard InChI is InChI=1S/C28H44O2/c1-17-8-11-26(4)20(14-17)6-7-21-22(26)10-12-27(5)23(21)15-24-25(27)19(3)28(30-24)13-9-18(2)16-29-28/h6,17-19,21-25H,7-16H2,1-5H3/t17-,18+,19-,21+,22-,23-,24-,25-,26-,27-,28+/m0/s1. The molecule has 0 aromatic heterocycles. The zero-order chi connectivity index (χ0) is 20.9. The molecule has 0 bridgehead atoms. The molecule has 30 heavy (non-hydrogen) atoms. The average Bonchev–Trinajstić information content (AvgIpc) is 3.16. The van der Waals surface area contributed by atoms with Crippen LogP contribution in [0.1, 0.15) is 92.4 Å². The monoisotopic (exact) mass is 412 g/mol. The summed E-state index contributed by atoms with van der Waals surface area (Å²) in [5.41, 5.74) is 2.77. The van der Waals surface area contributed by atoms with E-state index in [1.165, 1.54) is 51.4 Å². The number of hydrogen-bond donors (Lipinski definition) is 0. The summed E-state index contributed by atoms with van der Waals surface area (Å²) in [4.78, 5) is 0. The summed E-state index contributed by atoms with van der Waals surface area (Å²) in [7, 11) is 0. The first-order chi connectivity index (χ1) is 14.3. The maximum atomic E-state index is 6.92. The molecule has 4 aliphatic carbocycles. The maximum Gasteiger partial charge on any atom is 0.171 e. The van der Waals surface area contributed by atoms with Gasteiger partial charge in [-0.1, -0.05) is 46.3 Å². The summed E-state index contributed by atoms with van der Waals surface area (Å²) >= 11 is 0. The van der Waals surface area contributed by atoms with Gasteiger partial charge in [-0.05, 0) is 97.7 Å². The van der Waals surface area contributed by atoms with Crippen molar-refractivity contribution in [1.29, 1.82) is 0 Å². The molecular formula is C28H44O2. The highest BCUT2D eigenvalue weighted by molar-refractivity contribution is 5.26. The van der Waals surface area contributed by atoms with Crippen LogP contribution in [0.15, 0.2) is 11.6 Å². The van der Waals surface area contributed by atoms with Crippen molar-refractivity contribution in [3.05, 3.63) is 11.6 Å². The lowest BCUT2D eigenvalue weighted by Gasteiger charge is -2.58. The second-order valence-electron chi connectivity index (χ2n) is 13.1. The minimum atomic E-state index is -0.266. The van der Waals surface area contributed by atoms with Gasteiger partial charge in [0, 0.05) is 12.3 Å². The van der Waals surface area contributed by atoms with Crippen LogP contribution in [-0.2, 0) is 9.47 Å². The van der Waals surface area contributed by atoms with E-state index in [1.807, 2.05) is 5.57 Å². The maximum absolute atomic E-state index is 6.92. The van der Waals surface area contributed by atoms with Crippen molar-refractivity contribution in [2.45, 2.75) is 104 Å². The summed E-state index contributed by atoms with van der Waals surface area (Å²) < 4.78 is 13.4. The van der Waals surface area contributed by atoms with Gasteiger partial charge in [-0.25, -0.2) is 0 Å². The van der Waals surface area contributed by atoms with Gasteiger partial charge in [0.2, 0.25) is 0 Å². The van der Waals surface area contributed by atoms with Gasteiger partial charge in [0.1, 0.15) is 0 Å². The van der Waals surface area contributed by atoms with Crippen LogP contribution in [-0.4, -0.2) is 18.5 Å². The predicted molar refractivity (Wildman–Crippen MR) is 121 cm³/mol. The van der Waals surface area contributed by atoms with E-state index in [9.17, 15) is 0 Å². The molecule has 6 aliphatic rings. The molecule has 2 heteroatoms. The SMILES string of the molecule is C[C@@H]1CC[C@@]2(OC1)O[C@H]1C[C@H]3[C@@H]4CC=C5C[C@@H](C)CC[C@]5(C)[C@H]4CC[C@]3(C)[C@H]1[C@@H]2C. The van der Waals surface area contributed by atoms with Gasteiger partial charge in [0.05, 0.1) is 12.7 Å². The van der Waals surface area contributed by atoms with E-state index < -0.39 is 0 Å². The van der Waals surface area contributed by atoms with Crippen LogP contribution in [0.25, 0.3) is 0 Å². The quantitative estimate of drug-likeness (QED) is 0.399. The van der Waals surface area contributed by atoms with Crippen LogP contribution in [0.4, 0.5) is 0 Å². The molecule has 2 heterocycles. The fourth-order valence-electron chi connectivity index (χ4n) is 9.86. The Bertz CT molecular complexity index is 733. The summed E-state index contributed by atoms with van der Waals surface area (Å²) in [6.07, 6.45) is 15.3. The number of ether oxygens (including phenoxy) is 2. The van der Waals surface area contributed by atoms with Gasteiger partial charge in [0.25, 0.3) is 0 Å². The minimum Gasteiger partial charge on any atom is -0.349 e. The van der Waals surface area contributed by atoms with Crippen molar-refractivity contribution in [3.63, 3.8) is 0 Å². The molecule has 2 saturated heterocycles. The highest BCUT2D eigenvalue weighted by Crippen LogP contribution is 2.70. The van der Waals surface area contributed by atoms with Crippen LogP contribution < -0.4 is 0 Å². The van der Waals surface area contributed by atoms with Crippen LogP contribution in [0.3, 0.4) is 0 Å². The lowest BCUT2D eigenvalue weighted by molar-refractivity contribution is -0.272. The molecule has 6 rings (SSSR count). The third kappa shape index (κ3) is 2.56. The Balaban J connectivity index is 1.28. The Morgan fingerprint density at radius 1 is 0.933 bits per heavy atom. The Morgan fingerprint density at radius 2 is 1.73 bits per heavy atom. The fraction of sp³-hybridized carbons (Fsp3) is 0.929. The first-order valence-corrected chi connectivity index (χ1v) is 13.3. The van der Waals surface area contributed by atoms with E-state index in [1.54, 1.807) is 0 Å². The van der Waals surface area contributed by atoms with E-state index >= 15 is 0 Å². The Morgan fingerprint density at radius 3 is 2.50 bits per heavy atom. The van der Waals surface area contributed by atoms with Crippen LogP contribution in [0.2, 0.25) is 0 Å². The molecule has 0 N–H and O–H groups in total. The summed E-state index contributed by atoms with van der Waals surface area (Å²) in [5.74, 6) is 5.20. The largest absolute Gasteiger partial charge is 0.349 e. The molecule has 168 valence electrons. The van der Waals surface area contributed by atoms with Gasteiger partial charge in [-0.3, -0.25) is 0 Å². The van der Waals surface area contributed by atoms with Crippen molar-refractivity contribution in [2.24, 2.45) is 52.3 Å². The molecule has 5 fully saturated rings. The van der Waals surface area contributed by atoms with Crippen molar-refractivity contribution in [2.75, 3.05) is 6.61 Å². The molecule has 1 spiro atoms. The number of rotatable bonds is 0. The molecular weight excluding hydrogens is 368 g/mol. The van der Waals surface area contributed by atoms with Crippen molar-refractivity contribution in [1.82, 2.24) is 0 Å². The first kappa shape index (κ1) is 20.3. The Hall–Kier alpha value is -0.340. The molecule has 0 radical (unpaired) electrons. The lowest BCUT2D eigenvalue weighted by Crippen LogP contribution is -2.52. The first-order valence-electron chi connectivity index (χ1n) is 13.3. The second-order valence-corrected chi connectivity index (χ2v) is 13.1. The predicted octanol–water partition coefficient (Wildman–Crippen LogP) is 6.99. The molecule has 2 aliphatic heterocycles. The molecule has 11 atom stereocenters. The topological polar surface area (TPSA) is 18.5 Å². The molecule has 3 saturated carbocycles. The van der Waals surface area contributed by atoms with Gasteiger partial charge in [-0.2, -0.15) is 0 Å². The van der Waals surface area contributed by atoms with E-state index in [0.29, 0.717) is 34.7 Å². The Kier molecular flexibility index (Phi) is 4.46. The normalized spacial score (nSPS) is 59.8. The number of hydrogen-bond acceptors (Lipinski definition) is 2. The van der Waals surface area contributed by atoms with E-state index in [-0.39, 0.29) is 5.79 Å². The van der Waals surface area contributed by atoms with E-state index in [2.05, 4.69) is 40.7 Å². The summed E-state index contributed by atoms with van der Waals surface area (Å²) in [5, 5.41) is 0. The third-order valence-corrected chi connectivity index (χ3v) is 11.6. The zero-order valence-corrected chi connectivity index (χ0v) is 20.1. The molecule has 2 nitrogen and oxygen atoms in total. The highest BCUT2D eigenvalue weighted by atomic mass is 16.7. The summed E-state index contributed by atoms with van der Waals surface area (Å²) in [6, 6.07) is 0. The molecule has 0 unspecified atom stereocenters. The summed E-state index contributed by atoms with van der Waals surface area (Å²) in [6.45, 7) is 13.5. The van der Waals surface area contributed by atoms with E-state index in [4.69, 9.17) is 9.47 Å². The van der Waals surface area contributed by atoms with Crippen LogP contribution >= 0.6 is 0 Å².